The van der Waals surface area contributed by atoms with Gasteiger partial charge in [0.15, 0.2) is 0 Å². The molecule has 2 fully saturated rings. The molecule has 2 aliphatic rings. The molecule has 0 spiro atoms. The number of aromatic nitrogens is 1. The van der Waals surface area contributed by atoms with Gasteiger partial charge in [-0.2, -0.15) is 0 Å². The van der Waals surface area contributed by atoms with Crippen LogP contribution in [0.25, 0.3) is 0 Å². The Bertz CT molecular complexity index is 505. The highest BCUT2D eigenvalue weighted by Gasteiger charge is 2.29. The summed E-state index contributed by atoms with van der Waals surface area (Å²) in [4.78, 5) is 23.0. The summed E-state index contributed by atoms with van der Waals surface area (Å²) >= 11 is 0. The molecule has 0 aliphatic carbocycles. The van der Waals surface area contributed by atoms with E-state index in [1.807, 2.05) is 29.2 Å². The number of carbonyl (C=O) groups is 1. The molecule has 6 heteroatoms. The number of rotatable bonds is 3. The highest BCUT2D eigenvalue weighted by molar-refractivity contribution is 5.74. The molecule has 126 valence electrons. The van der Waals surface area contributed by atoms with E-state index in [1.165, 1.54) is 5.56 Å². The second kappa shape index (κ2) is 7.75. The van der Waals surface area contributed by atoms with E-state index < -0.39 is 0 Å². The summed E-state index contributed by atoms with van der Waals surface area (Å²) in [5.74, 6) is 0. The van der Waals surface area contributed by atoms with Gasteiger partial charge in [0.25, 0.3) is 0 Å². The second-order valence-corrected chi connectivity index (χ2v) is 6.38. The summed E-state index contributed by atoms with van der Waals surface area (Å²) in [5, 5.41) is 0. The van der Waals surface area contributed by atoms with Crippen molar-refractivity contribution in [1.82, 2.24) is 19.7 Å². The lowest BCUT2D eigenvalue weighted by molar-refractivity contribution is 0.0365. The fourth-order valence-electron chi connectivity index (χ4n) is 3.37. The van der Waals surface area contributed by atoms with Crippen LogP contribution in [0.5, 0.6) is 0 Å². The third kappa shape index (κ3) is 4.20. The van der Waals surface area contributed by atoms with Crippen molar-refractivity contribution in [3.05, 3.63) is 30.1 Å². The minimum atomic E-state index is 0.143. The first-order valence-corrected chi connectivity index (χ1v) is 8.45. The van der Waals surface area contributed by atoms with Crippen LogP contribution in [-0.2, 0) is 11.3 Å². The first-order chi connectivity index (χ1) is 11.2. The van der Waals surface area contributed by atoms with E-state index in [-0.39, 0.29) is 6.03 Å². The predicted molar refractivity (Wildman–Crippen MR) is 88.1 cm³/mol. The number of morpholine rings is 1. The molecule has 0 aromatic carbocycles. The molecule has 1 atom stereocenters. The normalized spacial score (nSPS) is 22.8. The Labute approximate surface area is 138 Å². The van der Waals surface area contributed by atoms with E-state index in [0.29, 0.717) is 32.3 Å². The fraction of sp³-hybridized carbons (Fsp3) is 0.647. The van der Waals surface area contributed by atoms with Crippen molar-refractivity contribution in [1.29, 1.82) is 0 Å². The van der Waals surface area contributed by atoms with Crippen LogP contribution >= 0.6 is 0 Å². The number of nitrogens with zero attached hydrogens (tertiary/aromatic N) is 4. The summed E-state index contributed by atoms with van der Waals surface area (Å²) in [5.41, 5.74) is 1.28. The molecule has 3 heterocycles. The number of carbonyl (C=O) groups excluding carboxylic acids is 1. The molecule has 6 nitrogen and oxygen atoms in total. The van der Waals surface area contributed by atoms with Crippen LogP contribution in [0.3, 0.4) is 0 Å². The van der Waals surface area contributed by atoms with Crippen molar-refractivity contribution in [2.24, 2.45) is 0 Å². The Morgan fingerprint density at radius 3 is 2.78 bits per heavy atom. The molecule has 3 rings (SSSR count). The maximum absolute atomic E-state index is 12.6. The van der Waals surface area contributed by atoms with Crippen molar-refractivity contribution >= 4 is 6.03 Å². The second-order valence-electron chi connectivity index (χ2n) is 6.38. The smallest absolute Gasteiger partial charge is 0.320 e. The van der Waals surface area contributed by atoms with Crippen molar-refractivity contribution < 1.29 is 9.53 Å². The van der Waals surface area contributed by atoms with Crippen molar-refractivity contribution in [3.63, 3.8) is 0 Å². The molecule has 0 bridgehead atoms. The van der Waals surface area contributed by atoms with E-state index in [9.17, 15) is 4.79 Å². The SMILES string of the molecule is CN(C(=O)N1CCOCC1)C1CCCN(Cc2ccncc2)C1. The van der Waals surface area contributed by atoms with Gasteiger partial charge in [-0.1, -0.05) is 0 Å². The summed E-state index contributed by atoms with van der Waals surface area (Å²) in [6.07, 6.45) is 5.89. The molecule has 2 aliphatic heterocycles. The van der Waals surface area contributed by atoms with Gasteiger partial charge in [0, 0.05) is 51.7 Å². The maximum Gasteiger partial charge on any atom is 0.320 e. The number of likely N-dealkylation sites (tertiary alicyclic amines) is 1. The average Bonchev–Trinajstić information content (AvgIpc) is 2.62. The summed E-state index contributed by atoms with van der Waals surface area (Å²) in [6.45, 7) is 5.68. The number of likely N-dealkylation sites (N-methyl/N-ethyl adjacent to an activating group) is 1. The summed E-state index contributed by atoms with van der Waals surface area (Å²) in [6, 6.07) is 4.56. The number of ether oxygens (including phenoxy) is 1. The third-order valence-electron chi connectivity index (χ3n) is 4.77. The van der Waals surface area contributed by atoms with Gasteiger partial charge in [0.1, 0.15) is 0 Å². The first-order valence-electron chi connectivity index (χ1n) is 8.45. The highest BCUT2D eigenvalue weighted by atomic mass is 16.5. The number of hydrogen-bond donors (Lipinski definition) is 0. The molecule has 1 unspecified atom stereocenters. The molecule has 23 heavy (non-hydrogen) atoms. The number of hydrogen-bond acceptors (Lipinski definition) is 4. The number of amides is 2. The van der Waals surface area contributed by atoms with E-state index >= 15 is 0 Å². The zero-order valence-corrected chi connectivity index (χ0v) is 13.9. The van der Waals surface area contributed by atoms with Gasteiger partial charge in [0.05, 0.1) is 13.2 Å². The minimum Gasteiger partial charge on any atom is -0.378 e. The molecule has 0 radical (unpaired) electrons. The van der Waals surface area contributed by atoms with E-state index in [4.69, 9.17) is 4.74 Å². The van der Waals surface area contributed by atoms with Crippen LogP contribution in [-0.4, -0.2) is 78.2 Å². The van der Waals surface area contributed by atoms with Crippen molar-refractivity contribution in [2.45, 2.75) is 25.4 Å². The third-order valence-corrected chi connectivity index (χ3v) is 4.77. The molecule has 0 saturated carbocycles. The molecular weight excluding hydrogens is 292 g/mol. The standard InChI is InChI=1S/C17H26N4O2/c1-19(17(22)21-9-11-23-12-10-21)16-3-2-8-20(14-16)13-15-4-6-18-7-5-15/h4-7,16H,2-3,8-14H2,1H3. The zero-order chi connectivity index (χ0) is 16.1. The highest BCUT2D eigenvalue weighted by Crippen LogP contribution is 2.18. The Balaban J connectivity index is 1.55. The van der Waals surface area contributed by atoms with Gasteiger partial charge < -0.3 is 14.5 Å². The van der Waals surface area contributed by atoms with E-state index in [2.05, 4.69) is 22.0 Å². The van der Waals surface area contributed by atoms with Gasteiger partial charge in [-0.25, -0.2) is 4.79 Å². The van der Waals surface area contributed by atoms with Crippen molar-refractivity contribution in [2.75, 3.05) is 46.4 Å². The van der Waals surface area contributed by atoms with Crippen LogP contribution in [0.1, 0.15) is 18.4 Å². The topological polar surface area (TPSA) is 48.9 Å². The summed E-state index contributed by atoms with van der Waals surface area (Å²) in [7, 11) is 1.94. The summed E-state index contributed by atoms with van der Waals surface area (Å²) < 4.78 is 5.33. The van der Waals surface area contributed by atoms with E-state index in [0.717, 1.165) is 32.5 Å². The van der Waals surface area contributed by atoms with Crippen LogP contribution in [0.15, 0.2) is 24.5 Å². The van der Waals surface area contributed by atoms with Gasteiger partial charge in [-0.15, -0.1) is 0 Å². The largest absolute Gasteiger partial charge is 0.378 e. The Hall–Kier alpha value is -1.66. The molecule has 2 saturated heterocycles. The minimum absolute atomic E-state index is 0.143. The lowest BCUT2D eigenvalue weighted by Crippen LogP contribution is -2.54. The first kappa shape index (κ1) is 16.2. The number of piperidine rings is 1. The Kier molecular flexibility index (Phi) is 5.46. The number of urea groups is 1. The van der Waals surface area contributed by atoms with E-state index in [1.54, 1.807) is 0 Å². The molecule has 0 N–H and O–H groups in total. The van der Waals surface area contributed by atoms with Crippen LogP contribution in [0.2, 0.25) is 0 Å². The van der Waals surface area contributed by atoms with Gasteiger partial charge in [-0.05, 0) is 37.1 Å². The zero-order valence-electron chi connectivity index (χ0n) is 13.9. The van der Waals surface area contributed by atoms with Gasteiger partial charge in [0.2, 0.25) is 0 Å². The Morgan fingerprint density at radius 2 is 2.04 bits per heavy atom. The van der Waals surface area contributed by atoms with Crippen LogP contribution in [0.4, 0.5) is 4.79 Å². The Morgan fingerprint density at radius 1 is 1.30 bits per heavy atom. The lowest BCUT2D eigenvalue weighted by Gasteiger charge is -2.40. The molecule has 1 aromatic heterocycles. The number of pyridine rings is 1. The lowest BCUT2D eigenvalue weighted by atomic mass is 10.0. The van der Waals surface area contributed by atoms with Gasteiger partial charge in [-0.3, -0.25) is 9.88 Å². The maximum atomic E-state index is 12.6. The molecular formula is C17H26N4O2. The van der Waals surface area contributed by atoms with Gasteiger partial charge >= 0.3 is 6.03 Å². The fourth-order valence-corrected chi connectivity index (χ4v) is 3.37. The average molecular weight is 318 g/mol. The monoisotopic (exact) mass is 318 g/mol. The molecule has 2 amide bonds. The van der Waals surface area contributed by atoms with Crippen molar-refractivity contribution in [3.8, 4) is 0 Å². The quantitative estimate of drug-likeness (QED) is 0.846. The van der Waals surface area contributed by atoms with Crippen LogP contribution in [0, 0.1) is 0 Å². The van der Waals surface area contributed by atoms with Crippen LogP contribution < -0.4 is 0 Å². The molecule has 1 aromatic rings. The predicted octanol–water partition coefficient (Wildman–Crippen LogP) is 1.43.